The summed E-state index contributed by atoms with van der Waals surface area (Å²) in [7, 11) is 3.18. The third-order valence-electron chi connectivity index (χ3n) is 8.96. The van der Waals surface area contributed by atoms with Gasteiger partial charge in [0.1, 0.15) is 6.04 Å². The van der Waals surface area contributed by atoms with Crippen LogP contribution in [-0.4, -0.2) is 85.6 Å². The van der Waals surface area contributed by atoms with Crippen molar-refractivity contribution in [2.45, 2.75) is 63.6 Å². The van der Waals surface area contributed by atoms with Crippen molar-refractivity contribution >= 4 is 22.7 Å². The molecule has 0 bridgehead atoms. The van der Waals surface area contributed by atoms with Gasteiger partial charge in [0.25, 0.3) is 0 Å². The lowest BCUT2D eigenvalue weighted by atomic mass is 9.92. The van der Waals surface area contributed by atoms with Gasteiger partial charge in [0.15, 0.2) is 11.5 Å². The van der Waals surface area contributed by atoms with E-state index in [1.54, 1.807) is 14.2 Å². The van der Waals surface area contributed by atoms with E-state index in [-0.39, 0.29) is 17.7 Å². The van der Waals surface area contributed by atoms with E-state index in [4.69, 9.17) is 9.47 Å². The summed E-state index contributed by atoms with van der Waals surface area (Å²) in [6.07, 6.45) is 8.07. The molecule has 3 heterocycles. The summed E-state index contributed by atoms with van der Waals surface area (Å²) in [4.78, 5) is 35.3. The van der Waals surface area contributed by atoms with Gasteiger partial charge in [-0.3, -0.25) is 14.5 Å². The van der Waals surface area contributed by atoms with E-state index < -0.39 is 6.04 Å². The molecule has 0 radical (unpaired) electrons. The Labute approximate surface area is 248 Å². The van der Waals surface area contributed by atoms with Gasteiger partial charge in [0.05, 0.1) is 20.8 Å². The molecule has 2 aromatic carbocycles. The van der Waals surface area contributed by atoms with E-state index in [9.17, 15) is 9.59 Å². The summed E-state index contributed by atoms with van der Waals surface area (Å²) in [6, 6.07) is 13.5. The Kier molecular flexibility index (Phi) is 10.0. The summed E-state index contributed by atoms with van der Waals surface area (Å²) in [5.74, 6) is 0.639. The van der Waals surface area contributed by atoms with Crippen molar-refractivity contribution in [3.63, 3.8) is 0 Å². The second kappa shape index (κ2) is 14.1. The molecule has 1 aromatic heterocycles. The molecular weight excluding hydrogens is 530 g/mol. The van der Waals surface area contributed by atoms with Crippen LogP contribution in [0.4, 0.5) is 0 Å². The number of ether oxygens (including phenoxy) is 2. The lowest BCUT2D eigenvalue weighted by Gasteiger charge is -2.40. The number of amides is 2. The van der Waals surface area contributed by atoms with Gasteiger partial charge in [-0.15, -0.1) is 0 Å². The molecule has 2 aliphatic rings. The van der Waals surface area contributed by atoms with Crippen molar-refractivity contribution in [3.05, 3.63) is 59.8 Å². The molecule has 9 nitrogen and oxygen atoms in total. The lowest BCUT2D eigenvalue weighted by molar-refractivity contribution is -0.130. The fraction of sp³-hybridized carbons (Fsp3) is 0.515. The minimum atomic E-state index is -0.734. The molecule has 42 heavy (non-hydrogen) atoms. The average Bonchev–Trinajstić information content (AvgIpc) is 3.47. The average molecular weight is 576 g/mol. The van der Waals surface area contributed by atoms with E-state index in [0.717, 1.165) is 48.0 Å². The highest BCUT2D eigenvalue weighted by Crippen LogP contribution is 2.29. The van der Waals surface area contributed by atoms with Gasteiger partial charge in [0.2, 0.25) is 11.8 Å². The van der Waals surface area contributed by atoms with Crippen LogP contribution in [0, 0.1) is 0 Å². The molecule has 3 N–H and O–H groups in total. The van der Waals surface area contributed by atoms with Crippen LogP contribution >= 0.6 is 0 Å². The number of carbonyl (C=O) groups is 2. The number of likely N-dealkylation sites (tertiary alicyclic amines) is 2. The zero-order valence-electron chi connectivity index (χ0n) is 25.2. The standard InChI is InChI=1S/C33H45N5O4/c1-23(27-21-34-28-10-6-5-9-26(27)28)32(33(40)35-20-24-11-12-29(41-2)30(19-24)42-3)36-31(39)22-37-17-13-25(14-18-37)38-15-7-4-8-16-38/h5-6,9-12,19,21,23,25,32,34H,4,7-8,13-18,20,22H2,1-3H3,(H,35,40)(H,36,39). The van der Waals surface area contributed by atoms with E-state index in [0.29, 0.717) is 30.6 Å². The maximum Gasteiger partial charge on any atom is 0.243 e. The quantitative estimate of drug-likeness (QED) is 0.319. The molecule has 5 rings (SSSR count). The number of hydrogen-bond acceptors (Lipinski definition) is 6. The normalized spacial score (nSPS) is 18.4. The van der Waals surface area contributed by atoms with Crippen LogP contribution in [-0.2, 0) is 16.1 Å². The number of H-pyrrole nitrogens is 1. The summed E-state index contributed by atoms with van der Waals surface area (Å²) in [5.41, 5.74) is 2.88. The molecule has 2 amide bonds. The summed E-state index contributed by atoms with van der Waals surface area (Å²) >= 11 is 0. The van der Waals surface area contributed by atoms with Crippen LogP contribution in [0.15, 0.2) is 48.7 Å². The number of benzene rings is 2. The van der Waals surface area contributed by atoms with Crippen molar-refractivity contribution in [2.75, 3.05) is 46.9 Å². The zero-order valence-corrected chi connectivity index (χ0v) is 25.2. The molecule has 0 saturated carbocycles. The van der Waals surface area contributed by atoms with E-state index in [2.05, 4.69) is 25.4 Å². The predicted molar refractivity (Wildman–Crippen MR) is 165 cm³/mol. The third kappa shape index (κ3) is 7.07. The van der Waals surface area contributed by atoms with Crippen LogP contribution in [0.25, 0.3) is 10.9 Å². The molecule has 2 aliphatic heterocycles. The molecule has 0 spiro atoms. The van der Waals surface area contributed by atoms with Gasteiger partial charge < -0.3 is 30.0 Å². The topological polar surface area (TPSA) is 98.9 Å². The van der Waals surface area contributed by atoms with Gasteiger partial charge in [-0.2, -0.15) is 0 Å². The molecule has 3 aromatic rings. The number of para-hydroxylation sites is 1. The number of methoxy groups -OCH3 is 2. The number of piperidine rings is 2. The van der Waals surface area contributed by atoms with Gasteiger partial charge in [-0.05, 0) is 68.1 Å². The largest absolute Gasteiger partial charge is 0.493 e. The third-order valence-corrected chi connectivity index (χ3v) is 8.96. The molecule has 9 heteroatoms. The van der Waals surface area contributed by atoms with E-state index in [1.165, 1.54) is 32.4 Å². The number of carbonyl (C=O) groups excluding carboxylic acids is 2. The SMILES string of the molecule is COc1ccc(CNC(=O)C(NC(=O)CN2CCC(N3CCCCC3)CC2)C(C)c2c[nH]c3ccccc23)cc1OC. The van der Waals surface area contributed by atoms with Crippen molar-refractivity contribution in [1.29, 1.82) is 0 Å². The van der Waals surface area contributed by atoms with Crippen molar-refractivity contribution in [2.24, 2.45) is 0 Å². The number of fused-ring (bicyclic) bond motifs is 1. The molecular formula is C33H45N5O4. The Morgan fingerprint density at radius 1 is 0.976 bits per heavy atom. The smallest absolute Gasteiger partial charge is 0.243 e. The van der Waals surface area contributed by atoms with Gasteiger partial charge in [0, 0.05) is 48.7 Å². The minimum Gasteiger partial charge on any atom is -0.493 e. The fourth-order valence-corrected chi connectivity index (χ4v) is 6.51. The molecule has 226 valence electrons. The number of aromatic amines is 1. The van der Waals surface area contributed by atoms with E-state index >= 15 is 0 Å². The molecule has 2 atom stereocenters. The zero-order chi connectivity index (χ0) is 29.5. The number of rotatable bonds is 11. The Hall–Kier alpha value is -3.56. The Morgan fingerprint density at radius 2 is 1.71 bits per heavy atom. The van der Waals surface area contributed by atoms with Gasteiger partial charge in [-0.1, -0.05) is 37.6 Å². The lowest BCUT2D eigenvalue weighted by Crippen LogP contribution is -2.53. The summed E-state index contributed by atoms with van der Waals surface area (Å²) < 4.78 is 10.8. The van der Waals surface area contributed by atoms with Crippen LogP contribution in [0.1, 0.15) is 56.1 Å². The predicted octanol–water partition coefficient (Wildman–Crippen LogP) is 4.04. The minimum absolute atomic E-state index is 0.121. The number of nitrogens with one attached hydrogen (secondary N) is 3. The molecule has 2 saturated heterocycles. The van der Waals surface area contributed by atoms with Crippen molar-refractivity contribution < 1.29 is 19.1 Å². The maximum absolute atomic E-state index is 13.7. The second-order valence-electron chi connectivity index (χ2n) is 11.6. The maximum atomic E-state index is 13.7. The Balaban J connectivity index is 1.25. The first-order chi connectivity index (χ1) is 20.5. The van der Waals surface area contributed by atoms with Crippen LogP contribution in [0.5, 0.6) is 11.5 Å². The number of nitrogens with zero attached hydrogens (tertiary/aromatic N) is 2. The van der Waals surface area contributed by atoms with Gasteiger partial charge >= 0.3 is 0 Å². The van der Waals surface area contributed by atoms with Gasteiger partial charge in [-0.25, -0.2) is 0 Å². The van der Waals surface area contributed by atoms with E-state index in [1.807, 2.05) is 55.6 Å². The fourth-order valence-electron chi connectivity index (χ4n) is 6.51. The van der Waals surface area contributed by atoms with Crippen LogP contribution < -0.4 is 20.1 Å². The summed E-state index contributed by atoms with van der Waals surface area (Å²) in [5, 5.41) is 7.21. The highest BCUT2D eigenvalue weighted by molar-refractivity contribution is 5.91. The number of aromatic nitrogens is 1. The first-order valence-corrected chi connectivity index (χ1v) is 15.3. The molecule has 0 aliphatic carbocycles. The van der Waals surface area contributed by atoms with Crippen LogP contribution in [0.2, 0.25) is 0 Å². The van der Waals surface area contributed by atoms with Crippen LogP contribution in [0.3, 0.4) is 0 Å². The highest BCUT2D eigenvalue weighted by Gasteiger charge is 2.31. The monoisotopic (exact) mass is 575 g/mol. The van der Waals surface area contributed by atoms with Crippen molar-refractivity contribution in [3.8, 4) is 11.5 Å². The Morgan fingerprint density at radius 3 is 2.45 bits per heavy atom. The molecule has 2 fully saturated rings. The first-order valence-electron chi connectivity index (χ1n) is 15.3. The first kappa shape index (κ1) is 29.9. The molecule has 2 unspecified atom stereocenters. The number of hydrogen-bond donors (Lipinski definition) is 3. The van der Waals surface area contributed by atoms with Crippen molar-refractivity contribution in [1.82, 2.24) is 25.4 Å². The highest BCUT2D eigenvalue weighted by atomic mass is 16.5. The Bertz CT molecular complexity index is 1340. The second-order valence-corrected chi connectivity index (χ2v) is 11.6. The summed E-state index contributed by atoms with van der Waals surface area (Å²) in [6.45, 7) is 6.82.